The number of aromatic nitrogens is 3. The molecule has 0 fully saturated rings. The van der Waals surface area contributed by atoms with E-state index in [9.17, 15) is 0 Å². The summed E-state index contributed by atoms with van der Waals surface area (Å²) in [4.78, 5) is 13.2. The zero-order valence-electron chi connectivity index (χ0n) is 12.4. The van der Waals surface area contributed by atoms with E-state index >= 15 is 0 Å². The van der Waals surface area contributed by atoms with Crippen molar-refractivity contribution in [3.63, 3.8) is 0 Å². The van der Waals surface area contributed by atoms with Gasteiger partial charge in [-0.25, -0.2) is 15.0 Å². The predicted octanol–water partition coefficient (Wildman–Crippen LogP) is 3.81. The maximum Gasteiger partial charge on any atom is 0.213 e. The van der Waals surface area contributed by atoms with E-state index in [4.69, 9.17) is 16.3 Å². The van der Waals surface area contributed by atoms with E-state index in [1.807, 2.05) is 19.1 Å². The molecule has 0 aliphatic heterocycles. The number of pyridine rings is 1. The van der Waals surface area contributed by atoms with Gasteiger partial charge in [-0.15, -0.1) is 0 Å². The van der Waals surface area contributed by atoms with E-state index in [1.54, 1.807) is 13.3 Å². The second-order valence-corrected chi connectivity index (χ2v) is 6.01. The fraction of sp³-hybridized carbons (Fsp3) is 0.400. The van der Waals surface area contributed by atoms with E-state index in [2.05, 4.69) is 35.7 Å². The Morgan fingerprint density at radius 2 is 1.90 bits per heavy atom. The highest BCUT2D eigenvalue weighted by molar-refractivity contribution is 6.30. The monoisotopic (exact) mass is 291 g/mol. The molecule has 0 N–H and O–H groups in total. The van der Waals surface area contributed by atoms with Crippen LogP contribution in [0.15, 0.2) is 18.3 Å². The van der Waals surface area contributed by atoms with Gasteiger partial charge in [0.05, 0.1) is 12.8 Å². The van der Waals surface area contributed by atoms with E-state index in [-0.39, 0.29) is 5.41 Å². The molecule has 20 heavy (non-hydrogen) atoms. The zero-order chi connectivity index (χ0) is 14.9. The third-order valence-corrected chi connectivity index (χ3v) is 3.34. The topological polar surface area (TPSA) is 47.9 Å². The Labute approximate surface area is 124 Å². The van der Waals surface area contributed by atoms with Crippen LogP contribution in [0.5, 0.6) is 5.88 Å². The summed E-state index contributed by atoms with van der Waals surface area (Å²) in [5.41, 5.74) is 2.43. The molecule has 2 heterocycles. The Hall–Kier alpha value is -1.68. The van der Waals surface area contributed by atoms with Crippen LogP contribution in [0, 0.1) is 6.92 Å². The zero-order valence-corrected chi connectivity index (χ0v) is 13.1. The van der Waals surface area contributed by atoms with Gasteiger partial charge in [-0.2, -0.15) is 0 Å². The Morgan fingerprint density at radius 1 is 1.20 bits per heavy atom. The van der Waals surface area contributed by atoms with Gasteiger partial charge in [0.2, 0.25) is 5.88 Å². The number of hydrogen-bond acceptors (Lipinski definition) is 4. The molecular weight excluding hydrogens is 274 g/mol. The average molecular weight is 292 g/mol. The van der Waals surface area contributed by atoms with Gasteiger partial charge in [0.25, 0.3) is 0 Å². The lowest BCUT2D eigenvalue weighted by atomic mass is 9.95. The molecule has 5 heteroatoms. The van der Waals surface area contributed by atoms with Crippen LogP contribution in [0.1, 0.15) is 32.2 Å². The first-order chi connectivity index (χ1) is 9.32. The van der Waals surface area contributed by atoms with Gasteiger partial charge in [0.1, 0.15) is 11.0 Å². The summed E-state index contributed by atoms with van der Waals surface area (Å²) in [6.45, 7) is 8.09. The van der Waals surface area contributed by atoms with Crippen LogP contribution >= 0.6 is 11.6 Å². The molecule has 2 aromatic rings. The highest BCUT2D eigenvalue weighted by Gasteiger charge is 2.21. The summed E-state index contributed by atoms with van der Waals surface area (Å²) in [6.07, 6.45) is 1.69. The molecule has 0 saturated heterocycles. The summed E-state index contributed by atoms with van der Waals surface area (Å²) in [5, 5.41) is 0.482. The van der Waals surface area contributed by atoms with Crippen LogP contribution < -0.4 is 4.74 Å². The molecule has 0 saturated carbocycles. The minimum Gasteiger partial charge on any atom is -0.481 e. The summed E-state index contributed by atoms with van der Waals surface area (Å²) < 4.78 is 5.16. The van der Waals surface area contributed by atoms with Crippen molar-refractivity contribution in [2.45, 2.75) is 33.1 Å². The average Bonchev–Trinajstić information content (AvgIpc) is 2.40. The second kappa shape index (κ2) is 5.37. The molecule has 106 valence electrons. The molecule has 0 aliphatic carbocycles. The van der Waals surface area contributed by atoms with Crippen LogP contribution in [-0.2, 0) is 5.41 Å². The Balaban J connectivity index is 2.63. The summed E-state index contributed by atoms with van der Waals surface area (Å²) in [6, 6.07) is 3.73. The lowest BCUT2D eigenvalue weighted by Crippen LogP contribution is -2.17. The van der Waals surface area contributed by atoms with Crippen molar-refractivity contribution >= 4 is 11.6 Å². The largest absolute Gasteiger partial charge is 0.481 e. The summed E-state index contributed by atoms with van der Waals surface area (Å²) in [5.74, 6) is 1.27. The first-order valence-electron chi connectivity index (χ1n) is 6.38. The Bertz CT molecular complexity index is 636. The van der Waals surface area contributed by atoms with Gasteiger partial charge in [-0.1, -0.05) is 32.4 Å². The van der Waals surface area contributed by atoms with Crippen molar-refractivity contribution in [1.82, 2.24) is 15.0 Å². The normalized spacial score (nSPS) is 11.5. The fourth-order valence-electron chi connectivity index (χ4n) is 1.77. The van der Waals surface area contributed by atoms with Crippen LogP contribution in [0.4, 0.5) is 0 Å². The Kier molecular flexibility index (Phi) is 3.95. The van der Waals surface area contributed by atoms with E-state index in [0.717, 1.165) is 22.6 Å². The van der Waals surface area contributed by atoms with Crippen molar-refractivity contribution in [1.29, 1.82) is 0 Å². The quantitative estimate of drug-likeness (QED) is 0.790. The highest BCUT2D eigenvalue weighted by atomic mass is 35.5. The number of methoxy groups -OCH3 is 1. The van der Waals surface area contributed by atoms with Gasteiger partial charge < -0.3 is 4.74 Å². The smallest absolute Gasteiger partial charge is 0.213 e. The standard InChI is InChI=1S/C15H18ClN3O/c1-9-12(10-6-7-17-11(8-10)20-5)18-14(15(2,3)4)19-13(9)16/h6-8H,1-5H3. The van der Waals surface area contributed by atoms with Gasteiger partial charge in [-0.3, -0.25) is 0 Å². The molecule has 0 bridgehead atoms. The van der Waals surface area contributed by atoms with Crippen molar-refractivity contribution in [2.24, 2.45) is 0 Å². The molecule has 0 aromatic carbocycles. The SMILES string of the molecule is COc1cc(-c2nc(C(C)(C)C)nc(Cl)c2C)ccn1. The second-order valence-electron chi connectivity index (χ2n) is 5.65. The van der Waals surface area contributed by atoms with E-state index in [0.29, 0.717) is 11.0 Å². The molecule has 4 nitrogen and oxygen atoms in total. The number of nitrogens with zero attached hydrogens (tertiary/aromatic N) is 3. The third kappa shape index (κ3) is 2.90. The maximum atomic E-state index is 6.25. The molecular formula is C15H18ClN3O. The van der Waals surface area contributed by atoms with Crippen LogP contribution in [0.3, 0.4) is 0 Å². The molecule has 0 atom stereocenters. The minimum absolute atomic E-state index is 0.163. The summed E-state index contributed by atoms with van der Waals surface area (Å²) in [7, 11) is 1.59. The molecule has 2 aromatic heterocycles. The fourth-order valence-corrected chi connectivity index (χ4v) is 1.94. The number of hydrogen-bond donors (Lipinski definition) is 0. The first kappa shape index (κ1) is 14.7. The molecule has 0 amide bonds. The van der Waals surface area contributed by atoms with Gasteiger partial charge >= 0.3 is 0 Å². The number of halogens is 1. The molecule has 0 aliphatic rings. The molecule has 0 unspecified atom stereocenters. The minimum atomic E-state index is -0.163. The number of ether oxygens (including phenoxy) is 1. The third-order valence-electron chi connectivity index (χ3n) is 2.97. The Morgan fingerprint density at radius 3 is 2.50 bits per heavy atom. The van der Waals surface area contributed by atoms with Crippen molar-refractivity contribution in [3.05, 3.63) is 34.9 Å². The van der Waals surface area contributed by atoms with Crippen LogP contribution in [0.2, 0.25) is 5.15 Å². The lowest BCUT2D eigenvalue weighted by Gasteiger charge is -2.19. The lowest BCUT2D eigenvalue weighted by molar-refractivity contribution is 0.398. The number of rotatable bonds is 2. The van der Waals surface area contributed by atoms with Gasteiger partial charge in [-0.05, 0) is 13.0 Å². The molecule has 2 rings (SSSR count). The van der Waals surface area contributed by atoms with Crippen molar-refractivity contribution in [2.75, 3.05) is 7.11 Å². The van der Waals surface area contributed by atoms with Crippen molar-refractivity contribution in [3.8, 4) is 17.1 Å². The highest BCUT2D eigenvalue weighted by Crippen LogP contribution is 2.30. The first-order valence-corrected chi connectivity index (χ1v) is 6.75. The van der Waals surface area contributed by atoms with Crippen LogP contribution in [-0.4, -0.2) is 22.1 Å². The van der Waals surface area contributed by atoms with Gasteiger partial charge in [0.15, 0.2) is 0 Å². The van der Waals surface area contributed by atoms with Gasteiger partial charge in [0, 0.05) is 28.8 Å². The van der Waals surface area contributed by atoms with Crippen molar-refractivity contribution < 1.29 is 4.74 Å². The van der Waals surface area contributed by atoms with Crippen LogP contribution in [0.25, 0.3) is 11.3 Å². The molecule has 0 spiro atoms. The summed E-state index contributed by atoms with van der Waals surface area (Å²) >= 11 is 6.25. The predicted molar refractivity (Wildman–Crippen MR) is 80.3 cm³/mol. The maximum absolute atomic E-state index is 6.25. The van der Waals surface area contributed by atoms with E-state index < -0.39 is 0 Å². The molecule has 0 radical (unpaired) electrons. The van der Waals surface area contributed by atoms with E-state index in [1.165, 1.54) is 0 Å².